The number of hydrogen-bond acceptors (Lipinski definition) is 2. The van der Waals surface area contributed by atoms with Crippen LogP contribution in [0.2, 0.25) is 0 Å². The molecule has 0 aromatic rings. The van der Waals surface area contributed by atoms with Gasteiger partial charge in [0.15, 0.2) is 0 Å². The number of nitrogens with one attached hydrogen (secondary N) is 1. The minimum Gasteiger partial charge on any atom is -0.295 e. The zero-order valence-corrected chi connectivity index (χ0v) is 9.62. The van der Waals surface area contributed by atoms with E-state index in [1.165, 1.54) is 0 Å². The highest BCUT2D eigenvalue weighted by atomic mass is 35.5. The van der Waals surface area contributed by atoms with E-state index in [0.29, 0.717) is 5.03 Å². The van der Waals surface area contributed by atoms with Crippen LogP contribution in [0, 0.1) is 11.3 Å². The largest absolute Gasteiger partial charge is 0.295 e. The van der Waals surface area contributed by atoms with Crippen LogP contribution in [0.1, 0.15) is 13.3 Å². The number of hydrogen-bond donors (Lipinski definition) is 1. The molecule has 2 aliphatic rings. The third-order valence-electron chi connectivity index (χ3n) is 2.88. The van der Waals surface area contributed by atoms with Crippen LogP contribution in [0.4, 0.5) is 0 Å². The Morgan fingerprint density at radius 1 is 1.56 bits per heavy atom. The molecule has 0 spiro atoms. The maximum atomic E-state index is 11.9. The van der Waals surface area contributed by atoms with Crippen LogP contribution >= 0.6 is 11.6 Å². The van der Waals surface area contributed by atoms with Crippen LogP contribution in [0.5, 0.6) is 0 Å². The van der Waals surface area contributed by atoms with Crippen molar-refractivity contribution >= 4 is 23.4 Å². The number of carbonyl (C=O) groups is 2. The van der Waals surface area contributed by atoms with Gasteiger partial charge in [-0.1, -0.05) is 36.8 Å². The standard InChI is InChI=1S/C12H12ClNO2/c1-2-3-6-12-7-8(13)4-5-9(12)10(15)14-11(12)16/h3-7,9H,2H2,1H3,(H,14,15,16)/t9-,12-/m0/s1. The predicted molar refractivity (Wildman–Crippen MR) is 61.6 cm³/mol. The maximum Gasteiger partial charge on any atom is 0.241 e. The lowest BCUT2D eigenvalue weighted by Gasteiger charge is -2.25. The van der Waals surface area contributed by atoms with Crippen molar-refractivity contribution in [3.05, 3.63) is 35.4 Å². The summed E-state index contributed by atoms with van der Waals surface area (Å²) in [6, 6.07) is 0. The van der Waals surface area contributed by atoms with Crippen molar-refractivity contribution < 1.29 is 9.59 Å². The summed E-state index contributed by atoms with van der Waals surface area (Å²) in [5.41, 5.74) is -0.918. The molecule has 16 heavy (non-hydrogen) atoms. The quantitative estimate of drug-likeness (QED) is 0.589. The Labute approximate surface area is 98.8 Å². The molecule has 1 aliphatic heterocycles. The molecule has 84 valence electrons. The monoisotopic (exact) mass is 237 g/mol. The fourth-order valence-corrected chi connectivity index (χ4v) is 2.32. The summed E-state index contributed by atoms with van der Waals surface area (Å²) in [5.74, 6) is -1.03. The number of carbonyl (C=O) groups excluding carboxylic acids is 2. The Morgan fingerprint density at radius 3 is 3.00 bits per heavy atom. The highest BCUT2D eigenvalue weighted by molar-refractivity contribution is 6.32. The van der Waals surface area contributed by atoms with E-state index in [1.54, 1.807) is 24.3 Å². The molecule has 2 amide bonds. The highest BCUT2D eigenvalue weighted by Crippen LogP contribution is 2.42. The van der Waals surface area contributed by atoms with Crippen molar-refractivity contribution in [2.45, 2.75) is 13.3 Å². The Hall–Kier alpha value is -1.35. The molecule has 2 atom stereocenters. The summed E-state index contributed by atoms with van der Waals surface area (Å²) >= 11 is 5.91. The number of halogens is 1. The van der Waals surface area contributed by atoms with Crippen LogP contribution in [-0.2, 0) is 9.59 Å². The topological polar surface area (TPSA) is 46.2 Å². The number of fused-ring (bicyclic) bond motifs is 1. The van der Waals surface area contributed by atoms with Gasteiger partial charge in [0.25, 0.3) is 0 Å². The first kappa shape index (κ1) is 11.1. The summed E-state index contributed by atoms with van der Waals surface area (Å²) < 4.78 is 0. The summed E-state index contributed by atoms with van der Waals surface area (Å²) in [5, 5.41) is 2.83. The second kappa shape index (κ2) is 3.91. The average molecular weight is 238 g/mol. The Bertz CT molecular complexity index is 436. The number of rotatable bonds is 2. The van der Waals surface area contributed by atoms with Crippen molar-refractivity contribution in [2.24, 2.45) is 11.3 Å². The van der Waals surface area contributed by atoms with Gasteiger partial charge in [-0.15, -0.1) is 0 Å². The Kier molecular flexibility index (Phi) is 2.72. The zero-order valence-electron chi connectivity index (χ0n) is 8.87. The molecule has 1 aliphatic carbocycles. The van der Waals surface area contributed by atoms with Gasteiger partial charge in [0.2, 0.25) is 11.8 Å². The van der Waals surface area contributed by atoms with E-state index >= 15 is 0 Å². The molecular formula is C12H12ClNO2. The third kappa shape index (κ3) is 1.52. The molecule has 2 rings (SSSR count). The highest BCUT2D eigenvalue weighted by Gasteiger charge is 2.52. The van der Waals surface area contributed by atoms with Crippen LogP contribution in [-0.4, -0.2) is 11.8 Å². The van der Waals surface area contributed by atoms with Crippen molar-refractivity contribution in [3.8, 4) is 0 Å². The van der Waals surface area contributed by atoms with Crippen LogP contribution in [0.25, 0.3) is 0 Å². The molecule has 1 N–H and O–H groups in total. The first-order chi connectivity index (χ1) is 7.60. The molecule has 0 saturated carbocycles. The van der Waals surface area contributed by atoms with Crippen molar-refractivity contribution in [1.82, 2.24) is 5.32 Å². The fourth-order valence-electron chi connectivity index (χ4n) is 2.06. The lowest BCUT2D eigenvalue weighted by Crippen LogP contribution is -2.32. The van der Waals surface area contributed by atoms with Gasteiger partial charge in [-0.25, -0.2) is 0 Å². The van der Waals surface area contributed by atoms with E-state index in [4.69, 9.17) is 11.6 Å². The molecular weight excluding hydrogens is 226 g/mol. The molecule has 0 radical (unpaired) electrons. The second-order valence-electron chi connectivity index (χ2n) is 3.93. The average Bonchev–Trinajstić information content (AvgIpc) is 2.48. The molecule has 3 nitrogen and oxygen atoms in total. The Morgan fingerprint density at radius 2 is 2.31 bits per heavy atom. The molecule has 1 heterocycles. The van der Waals surface area contributed by atoms with Gasteiger partial charge in [0.1, 0.15) is 5.41 Å². The Balaban J connectivity index is 2.50. The van der Waals surface area contributed by atoms with Gasteiger partial charge < -0.3 is 0 Å². The van der Waals surface area contributed by atoms with E-state index < -0.39 is 11.3 Å². The first-order valence-corrected chi connectivity index (χ1v) is 5.57. The van der Waals surface area contributed by atoms with Crippen LogP contribution in [0.3, 0.4) is 0 Å². The lowest BCUT2D eigenvalue weighted by molar-refractivity contribution is -0.126. The zero-order chi connectivity index (χ0) is 11.8. The van der Waals surface area contributed by atoms with E-state index in [0.717, 1.165) is 6.42 Å². The van der Waals surface area contributed by atoms with E-state index in [2.05, 4.69) is 5.32 Å². The van der Waals surface area contributed by atoms with Gasteiger partial charge in [-0.2, -0.15) is 0 Å². The summed E-state index contributed by atoms with van der Waals surface area (Å²) in [7, 11) is 0. The maximum absolute atomic E-state index is 11.9. The summed E-state index contributed by atoms with van der Waals surface area (Å²) in [4.78, 5) is 23.5. The molecule has 0 bridgehead atoms. The van der Waals surface area contributed by atoms with Crippen molar-refractivity contribution in [3.63, 3.8) is 0 Å². The van der Waals surface area contributed by atoms with Gasteiger partial charge in [0, 0.05) is 5.03 Å². The van der Waals surface area contributed by atoms with Gasteiger partial charge in [-0.3, -0.25) is 14.9 Å². The van der Waals surface area contributed by atoms with E-state index in [9.17, 15) is 9.59 Å². The summed E-state index contributed by atoms with van der Waals surface area (Å²) in [6.07, 6.45) is 9.44. The minimum atomic E-state index is -0.918. The van der Waals surface area contributed by atoms with Crippen molar-refractivity contribution in [1.29, 1.82) is 0 Å². The minimum absolute atomic E-state index is 0.262. The SMILES string of the molecule is CCC=C[C@]12C=C(Cl)C=C[C@H]1C(=O)NC2=O. The molecule has 1 saturated heterocycles. The number of allylic oxidation sites excluding steroid dienone is 3. The predicted octanol–water partition coefficient (Wildman–Crippen LogP) is 1.90. The molecule has 0 aromatic carbocycles. The van der Waals surface area contributed by atoms with E-state index in [1.807, 2.05) is 13.0 Å². The lowest BCUT2D eigenvalue weighted by atomic mass is 9.74. The molecule has 1 fully saturated rings. The number of amides is 2. The van der Waals surface area contributed by atoms with E-state index in [-0.39, 0.29) is 11.8 Å². The smallest absolute Gasteiger partial charge is 0.241 e. The first-order valence-electron chi connectivity index (χ1n) is 5.19. The summed E-state index contributed by atoms with van der Waals surface area (Å²) in [6.45, 7) is 1.97. The normalized spacial score (nSPS) is 32.9. The molecule has 0 unspecified atom stereocenters. The van der Waals surface area contributed by atoms with Gasteiger partial charge >= 0.3 is 0 Å². The van der Waals surface area contributed by atoms with Crippen LogP contribution in [0.15, 0.2) is 35.4 Å². The van der Waals surface area contributed by atoms with Crippen LogP contribution < -0.4 is 5.32 Å². The fraction of sp³-hybridized carbons (Fsp3) is 0.333. The third-order valence-corrected chi connectivity index (χ3v) is 3.12. The van der Waals surface area contributed by atoms with Gasteiger partial charge in [-0.05, 0) is 18.6 Å². The van der Waals surface area contributed by atoms with Gasteiger partial charge in [0.05, 0.1) is 5.92 Å². The second-order valence-corrected chi connectivity index (χ2v) is 4.36. The molecule has 4 heteroatoms. The molecule has 0 aromatic heterocycles. The number of imide groups is 1. The van der Waals surface area contributed by atoms with Crippen molar-refractivity contribution in [2.75, 3.05) is 0 Å².